The predicted molar refractivity (Wildman–Crippen MR) is 104 cm³/mol. The fraction of sp³-hybridized carbons (Fsp3) is 0.286. The maximum absolute atomic E-state index is 11.5. The Hall–Kier alpha value is -2.75. The van der Waals surface area contributed by atoms with Crippen molar-refractivity contribution in [1.29, 1.82) is 0 Å². The number of ether oxygens (including phenoxy) is 1. The summed E-state index contributed by atoms with van der Waals surface area (Å²) < 4.78 is 5.18. The second-order valence-corrected chi connectivity index (χ2v) is 6.73. The molecule has 4 heteroatoms. The third-order valence-corrected chi connectivity index (χ3v) is 3.26. The van der Waals surface area contributed by atoms with Crippen LogP contribution in [0.3, 0.4) is 0 Å². The third kappa shape index (κ3) is 7.57. The van der Waals surface area contributed by atoms with Gasteiger partial charge in [0.2, 0.25) is 0 Å². The average molecular weight is 338 g/mol. The van der Waals surface area contributed by atoms with Crippen molar-refractivity contribution in [1.82, 2.24) is 5.32 Å². The molecule has 0 saturated carbocycles. The number of alkyl carbamates (subject to hydrolysis) is 1. The average Bonchev–Trinajstić information content (AvgIpc) is 2.55. The Bertz CT molecular complexity index is 686. The highest BCUT2D eigenvalue weighted by atomic mass is 16.6. The van der Waals surface area contributed by atoms with Crippen molar-refractivity contribution >= 4 is 23.5 Å². The van der Waals surface area contributed by atoms with Crippen molar-refractivity contribution in [3.63, 3.8) is 0 Å². The van der Waals surface area contributed by atoms with Gasteiger partial charge >= 0.3 is 6.09 Å². The van der Waals surface area contributed by atoms with Crippen molar-refractivity contribution in [2.24, 2.45) is 0 Å². The van der Waals surface area contributed by atoms with E-state index in [0.717, 1.165) is 23.4 Å². The molecule has 25 heavy (non-hydrogen) atoms. The Morgan fingerprint density at radius 1 is 1.00 bits per heavy atom. The van der Waals surface area contributed by atoms with Crippen LogP contribution in [0.4, 0.5) is 16.2 Å². The van der Waals surface area contributed by atoms with E-state index in [1.807, 2.05) is 75.4 Å². The van der Waals surface area contributed by atoms with Crippen LogP contribution in [0.2, 0.25) is 0 Å². The highest BCUT2D eigenvalue weighted by Gasteiger charge is 2.15. The van der Waals surface area contributed by atoms with Gasteiger partial charge in [-0.15, -0.1) is 0 Å². The van der Waals surface area contributed by atoms with E-state index in [-0.39, 0.29) is 6.09 Å². The summed E-state index contributed by atoms with van der Waals surface area (Å²) >= 11 is 0. The maximum Gasteiger partial charge on any atom is 0.407 e. The van der Waals surface area contributed by atoms with Crippen LogP contribution in [-0.4, -0.2) is 18.2 Å². The van der Waals surface area contributed by atoms with Gasteiger partial charge in [0.25, 0.3) is 0 Å². The van der Waals surface area contributed by atoms with Crippen molar-refractivity contribution in [2.45, 2.75) is 32.8 Å². The van der Waals surface area contributed by atoms with Crippen LogP contribution in [0, 0.1) is 0 Å². The van der Waals surface area contributed by atoms with Gasteiger partial charge in [-0.3, -0.25) is 0 Å². The molecule has 4 nitrogen and oxygen atoms in total. The van der Waals surface area contributed by atoms with Crippen LogP contribution in [-0.2, 0) is 4.74 Å². The van der Waals surface area contributed by atoms with Crippen molar-refractivity contribution in [3.05, 3.63) is 66.2 Å². The van der Waals surface area contributed by atoms with Gasteiger partial charge in [0, 0.05) is 17.9 Å². The van der Waals surface area contributed by atoms with Crippen molar-refractivity contribution in [2.75, 3.05) is 11.9 Å². The fourth-order valence-corrected chi connectivity index (χ4v) is 2.16. The lowest BCUT2D eigenvalue weighted by Gasteiger charge is -2.19. The van der Waals surface area contributed by atoms with Gasteiger partial charge in [0.1, 0.15) is 5.60 Å². The Balaban J connectivity index is 1.73. The lowest BCUT2D eigenvalue weighted by molar-refractivity contribution is 0.0529. The quantitative estimate of drug-likeness (QED) is 0.697. The fourth-order valence-electron chi connectivity index (χ4n) is 2.16. The second-order valence-electron chi connectivity index (χ2n) is 6.73. The molecule has 132 valence electrons. The Kier molecular flexibility index (Phi) is 6.63. The summed E-state index contributed by atoms with van der Waals surface area (Å²) in [5, 5.41) is 6.09. The molecule has 0 aromatic heterocycles. The number of nitrogens with one attached hydrogen (secondary N) is 2. The van der Waals surface area contributed by atoms with Crippen molar-refractivity contribution < 1.29 is 9.53 Å². The lowest BCUT2D eigenvalue weighted by atomic mass is 10.1. The monoisotopic (exact) mass is 338 g/mol. The van der Waals surface area contributed by atoms with Crippen LogP contribution in [0.1, 0.15) is 32.8 Å². The van der Waals surface area contributed by atoms with Gasteiger partial charge in [-0.1, -0.05) is 42.5 Å². The molecular weight excluding hydrogens is 312 g/mol. The molecule has 0 fully saturated rings. The van der Waals surface area contributed by atoms with Gasteiger partial charge in [0.15, 0.2) is 0 Å². The van der Waals surface area contributed by atoms with Gasteiger partial charge < -0.3 is 15.4 Å². The molecular formula is C21H26N2O2. The molecule has 0 spiro atoms. The molecule has 0 heterocycles. The van der Waals surface area contributed by atoms with E-state index in [0.29, 0.717) is 6.54 Å². The molecule has 0 aliphatic carbocycles. The number of carbonyl (C=O) groups is 1. The number of hydrogen-bond acceptors (Lipinski definition) is 3. The van der Waals surface area contributed by atoms with E-state index < -0.39 is 5.60 Å². The van der Waals surface area contributed by atoms with E-state index in [1.165, 1.54) is 0 Å². The summed E-state index contributed by atoms with van der Waals surface area (Å²) in [7, 11) is 0. The number of para-hydroxylation sites is 1. The summed E-state index contributed by atoms with van der Waals surface area (Å²) in [6.07, 6.45) is 4.46. The predicted octanol–water partition coefficient (Wildman–Crippen LogP) is 5.36. The normalized spacial score (nSPS) is 11.3. The molecule has 0 unspecified atom stereocenters. The van der Waals surface area contributed by atoms with Gasteiger partial charge in [-0.05, 0) is 57.0 Å². The first-order chi connectivity index (χ1) is 11.9. The topological polar surface area (TPSA) is 50.4 Å². The minimum absolute atomic E-state index is 0.378. The minimum atomic E-state index is -0.463. The molecule has 2 aromatic rings. The molecule has 0 radical (unpaired) electrons. The third-order valence-electron chi connectivity index (χ3n) is 3.26. The van der Waals surface area contributed by atoms with Crippen LogP contribution >= 0.6 is 0 Å². The molecule has 0 saturated heterocycles. The first kappa shape index (κ1) is 18.6. The van der Waals surface area contributed by atoms with Crippen molar-refractivity contribution in [3.8, 4) is 0 Å². The van der Waals surface area contributed by atoms with Gasteiger partial charge in [-0.2, -0.15) is 0 Å². The zero-order valence-electron chi connectivity index (χ0n) is 15.1. The van der Waals surface area contributed by atoms with E-state index in [9.17, 15) is 4.79 Å². The number of benzene rings is 2. The Labute approximate surface area is 149 Å². The molecule has 2 aromatic carbocycles. The minimum Gasteiger partial charge on any atom is -0.444 e. The largest absolute Gasteiger partial charge is 0.444 e. The zero-order valence-corrected chi connectivity index (χ0v) is 15.1. The Morgan fingerprint density at radius 2 is 1.64 bits per heavy atom. The van der Waals surface area contributed by atoms with Crippen LogP contribution in [0.15, 0.2) is 60.7 Å². The van der Waals surface area contributed by atoms with E-state index in [1.54, 1.807) is 0 Å². The number of carbonyl (C=O) groups excluding carboxylic acids is 1. The maximum atomic E-state index is 11.5. The second kappa shape index (κ2) is 8.92. The van der Waals surface area contributed by atoms with Crippen LogP contribution in [0.25, 0.3) is 6.08 Å². The Morgan fingerprint density at radius 3 is 2.28 bits per heavy atom. The summed E-state index contributed by atoms with van der Waals surface area (Å²) in [6.45, 7) is 6.10. The van der Waals surface area contributed by atoms with E-state index in [4.69, 9.17) is 4.74 Å². The number of hydrogen-bond donors (Lipinski definition) is 2. The smallest absolute Gasteiger partial charge is 0.407 e. The molecule has 0 bridgehead atoms. The summed E-state index contributed by atoms with van der Waals surface area (Å²) in [4.78, 5) is 11.5. The number of anilines is 2. The molecule has 2 rings (SSSR count). The van der Waals surface area contributed by atoms with Gasteiger partial charge in [0.05, 0.1) is 0 Å². The summed E-state index contributed by atoms with van der Waals surface area (Å²) in [5.74, 6) is 0. The molecule has 0 aliphatic heterocycles. The zero-order chi connectivity index (χ0) is 18.1. The molecule has 1 amide bonds. The van der Waals surface area contributed by atoms with Gasteiger partial charge in [-0.25, -0.2) is 4.79 Å². The van der Waals surface area contributed by atoms with E-state index in [2.05, 4.69) is 22.8 Å². The van der Waals surface area contributed by atoms with E-state index >= 15 is 0 Å². The lowest BCUT2D eigenvalue weighted by Crippen LogP contribution is -2.32. The molecule has 2 N–H and O–H groups in total. The first-order valence-corrected chi connectivity index (χ1v) is 8.48. The van der Waals surface area contributed by atoms with Crippen LogP contribution < -0.4 is 10.6 Å². The summed E-state index contributed by atoms with van der Waals surface area (Å²) in [6, 6.07) is 18.3. The highest BCUT2D eigenvalue weighted by Crippen LogP contribution is 2.17. The number of amides is 1. The molecule has 0 aliphatic rings. The highest BCUT2D eigenvalue weighted by molar-refractivity contribution is 5.67. The SMILES string of the molecule is CC(C)(C)OC(=O)NCCC=Cc1ccc(Nc2ccccc2)cc1. The summed E-state index contributed by atoms with van der Waals surface area (Å²) in [5.41, 5.74) is 2.78. The first-order valence-electron chi connectivity index (χ1n) is 8.48. The molecule has 0 atom stereocenters. The van der Waals surface area contributed by atoms with Crippen LogP contribution in [0.5, 0.6) is 0 Å². The standard InChI is InChI=1S/C21H26N2O2/c1-21(2,3)25-20(24)22-16-8-7-9-17-12-14-19(15-13-17)23-18-10-5-4-6-11-18/h4-7,9-15,23H,8,16H2,1-3H3,(H,22,24). The number of rotatable bonds is 6.